The highest BCUT2D eigenvalue weighted by molar-refractivity contribution is 5.76. The van der Waals surface area contributed by atoms with E-state index < -0.39 is 18.0 Å². The molecule has 0 radical (unpaired) electrons. The fourth-order valence-electron chi connectivity index (χ4n) is 1.47. The number of phenolic OH excluding ortho intramolecular Hbond substituents is 1. The van der Waals surface area contributed by atoms with Crippen LogP contribution in [-0.4, -0.2) is 27.2 Å². The molecule has 0 bridgehead atoms. The van der Waals surface area contributed by atoms with Crippen LogP contribution < -0.4 is 0 Å². The van der Waals surface area contributed by atoms with Crippen molar-refractivity contribution in [2.24, 2.45) is 0 Å². The average Bonchev–Trinajstić information content (AvgIpc) is 2.23. The first-order valence-electron chi connectivity index (χ1n) is 4.77. The summed E-state index contributed by atoms with van der Waals surface area (Å²) >= 11 is 0. The Bertz CT molecular complexity index is 434. The summed E-state index contributed by atoms with van der Waals surface area (Å²) in [6.07, 6.45) is -2.45. The minimum Gasteiger partial charge on any atom is -0.507 e. The lowest BCUT2D eigenvalue weighted by atomic mass is 9.98. The van der Waals surface area contributed by atoms with Crippen LogP contribution in [0.3, 0.4) is 0 Å². The molecule has 0 amide bonds. The first-order chi connectivity index (χ1) is 7.67. The van der Waals surface area contributed by atoms with Gasteiger partial charge in [-0.1, -0.05) is 0 Å². The molecule has 94 valence electrons. The zero-order chi connectivity index (χ0) is 13.4. The number of carboxylic acid groups (broad SMARTS) is 1. The number of aliphatic hydroxyl groups is 1. The molecule has 17 heavy (non-hydrogen) atoms. The summed E-state index contributed by atoms with van der Waals surface area (Å²) in [5.41, 5.74) is 0.339. The van der Waals surface area contributed by atoms with E-state index >= 15 is 0 Å². The van der Waals surface area contributed by atoms with E-state index in [0.29, 0.717) is 11.1 Å². The van der Waals surface area contributed by atoms with Crippen molar-refractivity contribution in [3.05, 3.63) is 28.8 Å². The predicted octanol–water partition coefficient (Wildman–Crippen LogP) is 1.76. The molecule has 1 aromatic rings. The van der Waals surface area contributed by atoms with Gasteiger partial charge in [0.2, 0.25) is 0 Å². The molecule has 0 aliphatic rings. The van der Waals surface area contributed by atoms with E-state index in [4.69, 9.17) is 5.11 Å². The van der Waals surface area contributed by atoms with Crippen molar-refractivity contribution in [1.82, 2.24) is 0 Å². The maximum absolute atomic E-state index is 13.1. The molecular formula is C11H12F2O4. The van der Waals surface area contributed by atoms with Gasteiger partial charge in [-0.15, -0.1) is 0 Å². The minimum atomic E-state index is -4.27. The number of hydrogen-bond donors (Lipinski definition) is 3. The molecule has 0 spiro atoms. The van der Waals surface area contributed by atoms with Crippen LogP contribution in [-0.2, 0) is 4.79 Å². The zero-order valence-electron chi connectivity index (χ0n) is 9.24. The molecular weight excluding hydrogens is 234 g/mol. The second kappa shape index (κ2) is 4.29. The van der Waals surface area contributed by atoms with Gasteiger partial charge in [-0.05, 0) is 42.7 Å². The number of rotatable bonds is 3. The van der Waals surface area contributed by atoms with E-state index in [1.807, 2.05) is 0 Å². The Labute approximate surface area is 96.1 Å². The number of aromatic hydroxyl groups is 1. The van der Waals surface area contributed by atoms with Crippen molar-refractivity contribution in [2.75, 3.05) is 0 Å². The summed E-state index contributed by atoms with van der Waals surface area (Å²) in [5.74, 6) is -6.73. The van der Waals surface area contributed by atoms with Gasteiger partial charge in [0.05, 0.1) is 0 Å². The minimum absolute atomic E-state index is 0.0698. The highest BCUT2D eigenvalue weighted by atomic mass is 19.3. The molecule has 0 heterocycles. The molecule has 3 N–H and O–H groups in total. The van der Waals surface area contributed by atoms with E-state index in [9.17, 15) is 23.8 Å². The summed E-state index contributed by atoms with van der Waals surface area (Å²) in [6, 6.07) is 2.26. The van der Waals surface area contributed by atoms with Crippen molar-refractivity contribution in [1.29, 1.82) is 0 Å². The number of aryl methyl sites for hydroxylation is 2. The van der Waals surface area contributed by atoms with E-state index in [1.54, 1.807) is 0 Å². The first-order valence-corrected chi connectivity index (χ1v) is 4.77. The molecule has 0 saturated carbocycles. The molecule has 1 rings (SSSR count). The van der Waals surface area contributed by atoms with Crippen molar-refractivity contribution >= 4 is 5.97 Å². The van der Waals surface area contributed by atoms with Gasteiger partial charge in [0.25, 0.3) is 0 Å². The van der Waals surface area contributed by atoms with Crippen molar-refractivity contribution in [3.8, 4) is 5.75 Å². The van der Waals surface area contributed by atoms with Crippen LogP contribution in [0.5, 0.6) is 5.75 Å². The van der Waals surface area contributed by atoms with Crippen LogP contribution in [0, 0.1) is 13.8 Å². The van der Waals surface area contributed by atoms with E-state index in [-0.39, 0.29) is 11.3 Å². The van der Waals surface area contributed by atoms with Gasteiger partial charge in [0.1, 0.15) is 5.75 Å². The third-order valence-electron chi connectivity index (χ3n) is 2.46. The molecule has 1 aromatic carbocycles. The van der Waals surface area contributed by atoms with Gasteiger partial charge in [-0.3, -0.25) is 0 Å². The predicted molar refractivity (Wildman–Crippen MR) is 55.1 cm³/mol. The van der Waals surface area contributed by atoms with Gasteiger partial charge in [-0.2, -0.15) is 8.78 Å². The highest BCUT2D eigenvalue weighted by Gasteiger charge is 2.47. The standard InChI is InChI=1S/C11H12F2O4/c1-5-3-7(4-6(2)8(5)14)9(15)11(12,13)10(16)17/h3-4,9,14-15H,1-2H3,(H,16,17). The Balaban J connectivity index is 3.22. The van der Waals surface area contributed by atoms with Crippen molar-refractivity contribution in [3.63, 3.8) is 0 Å². The Morgan fingerprint density at radius 2 is 1.71 bits per heavy atom. The zero-order valence-corrected chi connectivity index (χ0v) is 9.24. The smallest absolute Gasteiger partial charge is 0.377 e. The van der Waals surface area contributed by atoms with E-state index in [1.165, 1.54) is 13.8 Å². The molecule has 0 saturated heterocycles. The number of carbonyl (C=O) groups is 1. The fraction of sp³-hybridized carbons (Fsp3) is 0.364. The summed E-state index contributed by atoms with van der Waals surface area (Å²) in [5, 5.41) is 27.1. The average molecular weight is 246 g/mol. The van der Waals surface area contributed by atoms with Crippen LogP contribution in [0.4, 0.5) is 8.78 Å². The Morgan fingerprint density at radius 3 is 2.06 bits per heavy atom. The monoisotopic (exact) mass is 246 g/mol. The maximum Gasteiger partial charge on any atom is 0.377 e. The largest absolute Gasteiger partial charge is 0.507 e. The van der Waals surface area contributed by atoms with Crippen LogP contribution in [0.2, 0.25) is 0 Å². The number of benzene rings is 1. The number of alkyl halides is 2. The lowest BCUT2D eigenvalue weighted by Gasteiger charge is -2.19. The van der Waals surface area contributed by atoms with Crippen LogP contribution in [0.25, 0.3) is 0 Å². The molecule has 6 heteroatoms. The number of carboxylic acids is 1. The van der Waals surface area contributed by atoms with Crippen LogP contribution >= 0.6 is 0 Å². The Morgan fingerprint density at radius 1 is 1.29 bits per heavy atom. The highest BCUT2D eigenvalue weighted by Crippen LogP contribution is 2.34. The quantitative estimate of drug-likeness (QED) is 0.759. The summed E-state index contributed by atoms with van der Waals surface area (Å²) < 4.78 is 26.2. The maximum atomic E-state index is 13.1. The van der Waals surface area contributed by atoms with Crippen molar-refractivity contribution in [2.45, 2.75) is 25.9 Å². The number of aliphatic hydroxyl groups excluding tert-OH is 1. The third kappa shape index (κ3) is 2.36. The topological polar surface area (TPSA) is 77.8 Å². The van der Waals surface area contributed by atoms with Crippen LogP contribution in [0.1, 0.15) is 22.8 Å². The van der Waals surface area contributed by atoms with Crippen molar-refractivity contribution < 1.29 is 28.9 Å². The van der Waals surface area contributed by atoms with Gasteiger partial charge in [0.15, 0.2) is 6.10 Å². The van der Waals surface area contributed by atoms with E-state index in [0.717, 1.165) is 12.1 Å². The van der Waals surface area contributed by atoms with E-state index in [2.05, 4.69) is 0 Å². The summed E-state index contributed by atoms with van der Waals surface area (Å²) in [7, 11) is 0. The van der Waals surface area contributed by atoms with Gasteiger partial charge < -0.3 is 15.3 Å². The normalized spacial score (nSPS) is 13.5. The molecule has 4 nitrogen and oxygen atoms in total. The Kier molecular flexibility index (Phi) is 3.38. The number of halogens is 2. The molecule has 0 fully saturated rings. The second-order valence-electron chi connectivity index (χ2n) is 3.83. The molecule has 1 atom stereocenters. The molecule has 0 aliphatic carbocycles. The first kappa shape index (κ1) is 13.4. The number of aliphatic carboxylic acids is 1. The third-order valence-corrected chi connectivity index (χ3v) is 2.46. The van der Waals surface area contributed by atoms with Crippen LogP contribution in [0.15, 0.2) is 12.1 Å². The Hall–Kier alpha value is -1.69. The summed E-state index contributed by atoms with van der Waals surface area (Å²) in [4.78, 5) is 10.3. The fourth-order valence-corrected chi connectivity index (χ4v) is 1.47. The molecule has 1 unspecified atom stereocenters. The number of phenols is 1. The summed E-state index contributed by atoms with van der Waals surface area (Å²) in [6.45, 7) is 2.94. The molecule has 0 aliphatic heterocycles. The lowest BCUT2D eigenvalue weighted by molar-refractivity contribution is -0.182. The second-order valence-corrected chi connectivity index (χ2v) is 3.83. The number of hydrogen-bond acceptors (Lipinski definition) is 3. The van der Waals surface area contributed by atoms with Gasteiger partial charge >= 0.3 is 11.9 Å². The van der Waals surface area contributed by atoms with Gasteiger partial charge in [-0.25, -0.2) is 4.79 Å². The SMILES string of the molecule is Cc1cc(C(O)C(F)(F)C(=O)O)cc(C)c1O. The molecule has 0 aromatic heterocycles. The lowest BCUT2D eigenvalue weighted by Crippen LogP contribution is -2.35. The van der Waals surface area contributed by atoms with Gasteiger partial charge in [0, 0.05) is 0 Å².